The van der Waals surface area contributed by atoms with Gasteiger partial charge in [-0.15, -0.1) is 0 Å². The molecule has 1 aromatic heterocycles. The Bertz CT molecular complexity index is 1100. The molecule has 1 aromatic rings. The predicted molar refractivity (Wildman–Crippen MR) is 152 cm³/mol. The predicted octanol–water partition coefficient (Wildman–Crippen LogP) is -4.81. The van der Waals surface area contributed by atoms with Crippen molar-refractivity contribution in [1.82, 2.24) is 25.9 Å². The number of carboxylic acids is 1. The van der Waals surface area contributed by atoms with Crippen molar-refractivity contribution >= 4 is 41.5 Å². The molecule has 0 saturated carbocycles. The minimum absolute atomic E-state index is 0.00195. The van der Waals surface area contributed by atoms with Crippen LogP contribution in [0.2, 0.25) is 0 Å². The first-order chi connectivity index (χ1) is 19.8. The Morgan fingerprint density at radius 2 is 1.31 bits per heavy atom. The van der Waals surface area contributed by atoms with E-state index >= 15 is 0 Å². The van der Waals surface area contributed by atoms with Gasteiger partial charge in [0, 0.05) is 37.8 Å². The van der Waals surface area contributed by atoms with Gasteiger partial charge in [0.15, 0.2) is 11.9 Å². The SMILES string of the molecule is NC(=O)CCC(NC(=O)C(N)Cc1cnc[nH]1)C(=O)NC(CCCN=C(N)N)C(=O)NC(CCCN=C(N)N)C(=O)O. The summed E-state index contributed by atoms with van der Waals surface area (Å²) < 4.78 is 0. The fraction of sp³-hybridized carbons (Fsp3) is 0.565. The third kappa shape index (κ3) is 14.4. The summed E-state index contributed by atoms with van der Waals surface area (Å²) in [5, 5.41) is 17.0. The summed E-state index contributed by atoms with van der Waals surface area (Å²) in [6, 6.07) is -4.92. The highest BCUT2D eigenvalue weighted by Gasteiger charge is 2.30. The van der Waals surface area contributed by atoms with Crippen LogP contribution in [0.3, 0.4) is 0 Å². The maximum Gasteiger partial charge on any atom is 0.326 e. The Kier molecular flexibility index (Phi) is 15.4. The molecule has 17 N–H and O–H groups in total. The fourth-order valence-corrected chi connectivity index (χ4v) is 3.64. The summed E-state index contributed by atoms with van der Waals surface area (Å²) >= 11 is 0. The molecule has 19 heteroatoms. The zero-order chi connectivity index (χ0) is 31.7. The van der Waals surface area contributed by atoms with Gasteiger partial charge in [-0.05, 0) is 32.1 Å². The molecule has 0 aliphatic rings. The number of carboxylic acid groups (broad SMARTS) is 1. The van der Waals surface area contributed by atoms with Gasteiger partial charge in [-0.1, -0.05) is 0 Å². The summed E-state index contributed by atoms with van der Waals surface area (Å²) in [5.74, 6) is -4.69. The van der Waals surface area contributed by atoms with Crippen LogP contribution in [0.25, 0.3) is 0 Å². The number of carbonyl (C=O) groups is 5. The number of nitrogens with two attached hydrogens (primary N) is 6. The molecule has 1 heterocycles. The first kappa shape index (κ1) is 35.1. The van der Waals surface area contributed by atoms with Crippen molar-refractivity contribution in [3.8, 4) is 0 Å². The second-order valence-corrected chi connectivity index (χ2v) is 9.31. The van der Waals surface area contributed by atoms with E-state index in [0.29, 0.717) is 5.69 Å². The number of imidazole rings is 1. The Labute approximate surface area is 241 Å². The number of hydrogen-bond donors (Lipinski definition) is 11. The van der Waals surface area contributed by atoms with E-state index < -0.39 is 53.8 Å². The number of amides is 4. The van der Waals surface area contributed by atoms with E-state index in [1.807, 2.05) is 0 Å². The highest BCUT2D eigenvalue weighted by atomic mass is 16.4. The average molecular weight is 596 g/mol. The van der Waals surface area contributed by atoms with E-state index in [-0.39, 0.29) is 70.0 Å². The number of primary amides is 1. The Balaban J connectivity index is 3.03. The van der Waals surface area contributed by atoms with Crippen LogP contribution >= 0.6 is 0 Å². The molecule has 0 aromatic carbocycles. The van der Waals surface area contributed by atoms with Crippen LogP contribution < -0.4 is 50.4 Å². The number of aromatic amines is 1. The van der Waals surface area contributed by atoms with Crippen molar-refractivity contribution in [3.05, 3.63) is 18.2 Å². The average Bonchev–Trinajstić information content (AvgIpc) is 3.42. The number of carbonyl (C=O) groups excluding carboxylic acids is 4. The van der Waals surface area contributed by atoms with Crippen molar-refractivity contribution in [2.24, 2.45) is 44.4 Å². The van der Waals surface area contributed by atoms with E-state index in [1.54, 1.807) is 0 Å². The molecule has 4 atom stereocenters. The second kappa shape index (κ2) is 18.4. The number of nitrogens with zero attached hydrogens (tertiary/aromatic N) is 3. The summed E-state index contributed by atoms with van der Waals surface area (Å²) in [7, 11) is 0. The minimum Gasteiger partial charge on any atom is -0.480 e. The van der Waals surface area contributed by atoms with Gasteiger partial charge in [0.05, 0.1) is 12.4 Å². The summed E-state index contributed by atoms with van der Waals surface area (Å²) in [4.78, 5) is 76.6. The Morgan fingerprint density at radius 3 is 1.79 bits per heavy atom. The molecule has 0 aliphatic carbocycles. The molecular weight excluding hydrogens is 554 g/mol. The number of guanidine groups is 2. The number of aliphatic imine (C=N–C) groups is 2. The topological polar surface area (TPSA) is 351 Å². The lowest BCUT2D eigenvalue weighted by molar-refractivity contribution is -0.142. The number of H-pyrrole nitrogens is 1. The monoisotopic (exact) mass is 595 g/mol. The van der Waals surface area contributed by atoms with E-state index in [0.717, 1.165) is 0 Å². The van der Waals surface area contributed by atoms with E-state index in [9.17, 15) is 29.1 Å². The lowest BCUT2D eigenvalue weighted by Crippen LogP contribution is -2.57. The number of aromatic nitrogens is 2. The van der Waals surface area contributed by atoms with E-state index in [4.69, 9.17) is 34.4 Å². The van der Waals surface area contributed by atoms with Crippen LogP contribution in [0.5, 0.6) is 0 Å². The number of aliphatic carboxylic acids is 1. The number of nitrogens with one attached hydrogen (secondary N) is 4. The fourth-order valence-electron chi connectivity index (χ4n) is 3.64. The lowest BCUT2D eigenvalue weighted by Gasteiger charge is -2.25. The zero-order valence-electron chi connectivity index (χ0n) is 23.1. The molecule has 0 spiro atoms. The van der Waals surface area contributed by atoms with Crippen LogP contribution in [-0.4, -0.2) is 93.8 Å². The van der Waals surface area contributed by atoms with Crippen LogP contribution in [0.15, 0.2) is 22.5 Å². The molecule has 1 rings (SSSR count). The number of rotatable bonds is 20. The van der Waals surface area contributed by atoms with Crippen molar-refractivity contribution in [2.45, 2.75) is 69.1 Å². The van der Waals surface area contributed by atoms with Gasteiger partial charge in [0.2, 0.25) is 23.6 Å². The molecule has 4 unspecified atom stereocenters. The molecular formula is C23H41N13O6. The molecule has 0 bridgehead atoms. The third-order valence-electron chi connectivity index (χ3n) is 5.78. The third-order valence-corrected chi connectivity index (χ3v) is 5.78. The highest BCUT2D eigenvalue weighted by molar-refractivity contribution is 5.94. The largest absolute Gasteiger partial charge is 0.480 e. The van der Waals surface area contributed by atoms with Gasteiger partial charge in [-0.2, -0.15) is 0 Å². The summed E-state index contributed by atoms with van der Waals surface area (Å²) in [5.41, 5.74) is 33.0. The summed E-state index contributed by atoms with van der Waals surface area (Å²) in [6.07, 6.45) is 3.03. The minimum atomic E-state index is -1.31. The van der Waals surface area contributed by atoms with E-state index in [1.165, 1.54) is 12.5 Å². The van der Waals surface area contributed by atoms with E-state index in [2.05, 4.69) is 35.9 Å². The first-order valence-electron chi connectivity index (χ1n) is 13.1. The smallest absolute Gasteiger partial charge is 0.326 e. The molecule has 4 amide bonds. The Hall–Kier alpha value is -4.94. The molecule has 19 nitrogen and oxygen atoms in total. The maximum atomic E-state index is 13.2. The van der Waals surface area contributed by atoms with Crippen molar-refractivity contribution in [2.75, 3.05) is 13.1 Å². The molecule has 0 aliphatic heterocycles. The number of hydrogen-bond acceptors (Lipinski definition) is 9. The van der Waals surface area contributed by atoms with Crippen LogP contribution in [0.4, 0.5) is 0 Å². The van der Waals surface area contributed by atoms with Gasteiger partial charge in [0.25, 0.3) is 0 Å². The quantitative estimate of drug-likeness (QED) is 0.0384. The van der Waals surface area contributed by atoms with Crippen LogP contribution in [0, 0.1) is 0 Å². The van der Waals surface area contributed by atoms with Crippen molar-refractivity contribution < 1.29 is 29.1 Å². The van der Waals surface area contributed by atoms with Gasteiger partial charge < -0.3 is 60.4 Å². The second-order valence-electron chi connectivity index (χ2n) is 9.31. The van der Waals surface area contributed by atoms with Gasteiger partial charge in [-0.25, -0.2) is 9.78 Å². The first-order valence-corrected chi connectivity index (χ1v) is 13.1. The maximum absolute atomic E-state index is 13.2. The molecule has 234 valence electrons. The Morgan fingerprint density at radius 1 is 0.810 bits per heavy atom. The van der Waals surface area contributed by atoms with Crippen molar-refractivity contribution in [3.63, 3.8) is 0 Å². The molecule has 42 heavy (non-hydrogen) atoms. The molecule has 0 fully saturated rings. The highest BCUT2D eigenvalue weighted by Crippen LogP contribution is 2.06. The molecule has 0 saturated heterocycles. The van der Waals surface area contributed by atoms with Crippen molar-refractivity contribution in [1.29, 1.82) is 0 Å². The lowest BCUT2D eigenvalue weighted by atomic mass is 10.0. The van der Waals surface area contributed by atoms with Crippen LogP contribution in [0.1, 0.15) is 44.2 Å². The van der Waals surface area contributed by atoms with Gasteiger partial charge in [-0.3, -0.25) is 29.2 Å². The molecule has 0 radical (unpaired) electrons. The van der Waals surface area contributed by atoms with Gasteiger partial charge in [0.1, 0.15) is 18.1 Å². The summed E-state index contributed by atoms with van der Waals surface area (Å²) in [6.45, 7) is 0.261. The van der Waals surface area contributed by atoms with Crippen LogP contribution in [-0.2, 0) is 30.4 Å². The normalized spacial score (nSPS) is 13.5. The zero-order valence-corrected chi connectivity index (χ0v) is 23.1. The van der Waals surface area contributed by atoms with Gasteiger partial charge >= 0.3 is 5.97 Å². The standard InChI is InChI=1S/C23H41N13O6/c24-13(9-12-10-30-11-33-12)18(38)34-15(5-6-17(25)37)20(40)35-14(3-1-7-31-22(26)27)19(39)36-16(21(41)42)4-2-8-32-23(28)29/h10-11,13-16H,1-9,24H2,(H2,25,37)(H,30,33)(H,34,38)(H,35,40)(H,36,39)(H,41,42)(H4,26,27,31)(H4,28,29,32).